The highest BCUT2D eigenvalue weighted by Gasteiger charge is 2.30. The van der Waals surface area contributed by atoms with Crippen LogP contribution in [0.2, 0.25) is 5.02 Å². The van der Waals surface area contributed by atoms with E-state index in [0.29, 0.717) is 27.1 Å². The predicted octanol–water partition coefficient (Wildman–Crippen LogP) is 5.13. The second-order valence-electron chi connectivity index (χ2n) is 6.87. The number of carbonyl (C=O) groups is 2. The van der Waals surface area contributed by atoms with Crippen molar-refractivity contribution in [3.63, 3.8) is 0 Å². The normalized spacial score (nSPS) is 15.8. The molecule has 2 amide bonds. The number of thioether (sulfide) groups is 1. The summed E-state index contributed by atoms with van der Waals surface area (Å²) >= 11 is 10.8. The number of nitrogens with zero attached hydrogens (tertiary/aromatic N) is 1. The summed E-state index contributed by atoms with van der Waals surface area (Å²) in [5.41, 5.74) is 2.86. The van der Waals surface area contributed by atoms with Crippen LogP contribution in [0.1, 0.15) is 23.5 Å². The van der Waals surface area contributed by atoms with Crippen molar-refractivity contribution in [3.05, 3.63) is 67.6 Å². The third kappa shape index (κ3) is 5.62. The van der Waals surface area contributed by atoms with Crippen molar-refractivity contribution in [1.82, 2.24) is 5.32 Å². The smallest absolute Gasteiger partial charge is 0.234 e. The number of rotatable bonds is 6. The van der Waals surface area contributed by atoms with Gasteiger partial charge >= 0.3 is 0 Å². The molecular formula is C22H19BrClN3O3S. The van der Waals surface area contributed by atoms with Crippen LogP contribution in [0.4, 0.5) is 5.69 Å². The second-order valence-corrected chi connectivity index (χ2v) is 9.12. The number of benzene rings is 2. The number of methoxy groups -OCH3 is 1. The number of halogens is 2. The Kier molecular flexibility index (Phi) is 7.65. The molecule has 0 spiro atoms. The lowest BCUT2D eigenvalue weighted by atomic mass is 9.87. The first-order valence-electron chi connectivity index (χ1n) is 9.28. The Morgan fingerprint density at radius 1 is 1.39 bits per heavy atom. The Morgan fingerprint density at radius 3 is 2.81 bits per heavy atom. The first-order valence-corrected chi connectivity index (χ1v) is 11.4. The molecule has 2 N–H and O–H groups in total. The Bertz CT molecular complexity index is 1110. The summed E-state index contributed by atoms with van der Waals surface area (Å²) in [6, 6.07) is 13.0. The number of amides is 2. The van der Waals surface area contributed by atoms with E-state index in [1.165, 1.54) is 7.11 Å². The zero-order valence-electron chi connectivity index (χ0n) is 16.8. The molecule has 160 valence electrons. The Hall–Kier alpha value is -2.47. The quantitative estimate of drug-likeness (QED) is 0.551. The lowest BCUT2D eigenvalue weighted by molar-refractivity contribution is -0.121. The van der Waals surface area contributed by atoms with Gasteiger partial charge in [-0.1, -0.05) is 35.5 Å². The van der Waals surface area contributed by atoms with E-state index in [1.807, 2.05) is 25.1 Å². The van der Waals surface area contributed by atoms with Crippen molar-refractivity contribution >= 4 is 56.8 Å². The average molecular weight is 521 g/mol. The van der Waals surface area contributed by atoms with Crippen LogP contribution in [0.3, 0.4) is 0 Å². The van der Waals surface area contributed by atoms with Crippen LogP contribution >= 0.6 is 39.3 Å². The minimum Gasteiger partial charge on any atom is -0.495 e. The van der Waals surface area contributed by atoms with E-state index in [0.717, 1.165) is 27.4 Å². The minimum atomic E-state index is -0.445. The molecule has 0 aliphatic carbocycles. The van der Waals surface area contributed by atoms with E-state index < -0.39 is 5.92 Å². The van der Waals surface area contributed by atoms with E-state index in [1.54, 1.807) is 18.2 Å². The van der Waals surface area contributed by atoms with Crippen molar-refractivity contribution in [3.8, 4) is 11.8 Å². The molecule has 1 heterocycles. The Balaban J connectivity index is 1.78. The number of hydrogen-bond acceptors (Lipinski definition) is 5. The molecule has 2 aromatic carbocycles. The third-order valence-corrected chi connectivity index (χ3v) is 6.65. The van der Waals surface area contributed by atoms with Gasteiger partial charge in [-0.25, -0.2) is 0 Å². The fourth-order valence-electron chi connectivity index (χ4n) is 3.16. The van der Waals surface area contributed by atoms with Gasteiger partial charge in [-0.3, -0.25) is 9.59 Å². The average Bonchev–Trinajstić information content (AvgIpc) is 2.73. The van der Waals surface area contributed by atoms with E-state index in [2.05, 4.69) is 32.6 Å². The Morgan fingerprint density at radius 2 is 2.16 bits per heavy atom. The van der Waals surface area contributed by atoms with Gasteiger partial charge in [0.2, 0.25) is 11.8 Å². The maximum absolute atomic E-state index is 12.4. The number of ether oxygens (including phenoxy) is 1. The lowest BCUT2D eigenvalue weighted by Gasteiger charge is -2.25. The van der Waals surface area contributed by atoms with Gasteiger partial charge in [-0.2, -0.15) is 5.26 Å². The molecule has 9 heteroatoms. The van der Waals surface area contributed by atoms with Gasteiger partial charge in [0.15, 0.2) is 0 Å². The predicted molar refractivity (Wildman–Crippen MR) is 126 cm³/mol. The van der Waals surface area contributed by atoms with E-state index >= 15 is 0 Å². The van der Waals surface area contributed by atoms with Crippen molar-refractivity contribution in [2.75, 3.05) is 18.2 Å². The molecule has 0 radical (unpaired) electrons. The number of nitrogens with one attached hydrogen (secondary N) is 2. The summed E-state index contributed by atoms with van der Waals surface area (Å²) in [7, 11) is 1.52. The summed E-state index contributed by atoms with van der Waals surface area (Å²) in [5.74, 6) is -0.360. The zero-order valence-corrected chi connectivity index (χ0v) is 20.0. The van der Waals surface area contributed by atoms with Gasteiger partial charge in [-0.15, -0.1) is 0 Å². The first-order chi connectivity index (χ1) is 14.8. The van der Waals surface area contributed by atoms with Crippen LogP contribution in [0.15, 0.2) is 51.5 Å². The third-order valence-electron chi connectivity index (χ3n) is 4.68. The molecule has 0 bridgehead atoms. The number of allylic oxidation sites excluding steroid dienone is 1. The van der Waals surface area contributed by atoms with E-state index in [-0.39, 0.29) is 24.0 Å². The molecule has 3 rings (SSSR count). The number of hydrogen-bond donors (Lipinski definition) is 2. The number of nitriles is 1. The molecule has 31 heavy (non-hydrogen) atoms. The fraction of sp³-hybridized carbons (Fsp3) is 0.227. The highest BCUT2D eigenvalue weighted by Crippen LogP contribution is 2.38. The van der Waals surface area contributed by atoms with E-state index in [9.17, 15) is 14.9 Å². The molecule has 1 atom stereocenters. The topological polar surface area (TPSA) is 91.2 Å². The largest absolute Gasteiger partial charge is 0.495 e. The molecular weight excluding hydrogens is 502 g/mol. The standard InChI is InChI=1S/C22H19BrClN3O3S/c1-12-3-5-18(16(23)7-12)26-21(29)11-31-22-15(10-25)14(9-20(28)27-22)13-4-6-19(30-2)17(24)8-13/h3-8,14H,9,11H2,1-2H3,(H,26,29)(H,27,28)/t14-/m0/s1. The molecule has 0 aromatic heterocycles. The molecule has 0 fully saturated rings. The van der Waals surface area contributed by atoms with E-state index in [4.69, 9.17) is 16.3 Å². The number of carbonyl (C=O) groups excluding carboxylic acids is 2. The summed E-state index contributed by atoms with van der Waals surface area (Å²) in [5, 5.41) is 16.1. The van der Waals surface area contributed by atoms with Crippen LogP contribution in [0.25, 0.3) is 0 Å². The number of aryl methyl sites for hydroxylation is 1. The number of anilines is 1. The van der Waals surface area contributed by atoms with Gasteiger partial charge in [0.1, 0.15) is 5.75 Å². The monoisotopic (exact) mass is 519 g/mol. The van der Waals surface area contributed by atoms with Gasteiger partial charge in [-0.05, 0) is 58.2 Å². The molecule has 0 saturated carbocycles. The summed E-state index contributed by atoms with van der Waals surface area (Å²) in [4.78, 5) is 24.7. The highest BCUT2D eigenvalue weighted by atomic mass is 79.9. The summed E-state index contributed by atoms with van der Waals surface area (Å²) < 4.78 is 5.95. The first kappa shape index (κ1) is 23.2. The van der Waals surface area contributed by atoms with Crippen LogP contribution in [-0.4, -0.2) is 24.7 Å². The van der Waals surface area contributed by atoms with Crippen LogP contribution < -0.4 is 15.4 Å². The Labute approximate surface area is 198 Å². The maximum atomic E-state index is 12.4. The minimum absolute atomic E-state index is 0.0389. The summed E-state index contributed by atoms with van der Waals surface area (Å²) in [6.45, 7) is 1.96. The lowest BCUT2D eigenvalue weighted by Crippen LogP contribution is -2.31. The zero-order chi connectivity index (χ0) is 22.5. The van der Waals surface area contributed by atoms with Crippen LogP contribution in [-0.2, 0) is 9.59 Å². The van der Waals surface area contributed by atoms with Gasteiger partial charge in [0.05, 0.1) is 40.2 Å². The van der Waals surface area contributed by atoms with Crippen molar-refractivity contribution in [2.24, 2.45) is 0 Å². The second kappa shape index (κ2) is 10.2. The van der Waals surface area contributed by atoms with Gasteiger partial charge in [0.25, 0.3) is 0 Å². The SMILES string of the molecule is COc1ccc([C@@H]2CC(=O)NC(SCC(=O)Nc3ccc(C)cc3Br)=C2C#N)cc1Cl. The van der Waals surface area contributed by atoms with Crippen LogP contribution in [0, 0.1) is 18.3 Å². The molecule has 1 aliphatic rings. The highest BCUT2D eigenvalue weighted by molar-refractivity contribution is 9.10. The van der Waals surface area contributed by atoms with Crippen molar-refractivity contribution in [2.45, 2.75) is 19.3 Å². The molecule has 2 aromatic rings. The maximum Gasteiger partial charge on any atom is 0.234 e. The van der Waals surface area contributed by atoms with Gasteiger partial charge in [0, 0.05) is 16.8 Å². The summed E-state index contributed by atoms with van der Waals surface area (Å²) in [6.07, 6.45) is 0.123. The molecule has 1 aliphatic heterocycles. The van der Waals surface area contributed by atoms with Gasteiger partial charge < -0.3 is 15.4 Å². The van der Waals surface area contributed by atoms with Crippen molar-refractivity contribution in [1.29, 1.82) is 5.26 Å². The molecule has 6 nitrogen and oxygen atoms in total. The van der Waals surface area contributed by atoms with Crippen molar-refractivity contribution < 1.29 is 14.3 Å². The van der Waals surface area contributed by atoms with Crippen LogP contribution in [0.5, 0.6) is 5.75 Å². The fourth-order valence-corrected chi connectivity index (χ4v) is 4.90. The molecule has 0 unspecified atom stereocenters. The molecule has 0 saturated heterocycles.